The highest BCUT2D eigenvalue weighted by molar-refractivity contribution is 5.73. The van der Waals surface area contributed by atoms with E-state index in [2.05, 4.69) is 10.6 Å². The van der Waals surface area contributed by atoms with Gasteiger partial charge in [0.1, 0.15) is 55.3 Å². The number of hydrogen-bond donors (Lipinski definition) is 7. The first kappa shape index (κ1) is 26.3. The van der Waals surface area contributed by atoms with Crippen LogP contribution in [0.4, 0.5) is 0 Å². The molecule has 2 aliphatic heterocycles. The number of hydrogen-bond acceptors (Lipinski definition) is 12. The Kier molecular flexibility index (Phi) is 9.29. The van der Waals surface area contributed by atoms with Crippen LogP contribution in [0.1, 0.15) is 20.8 Å². The minimum Gasteiger partial charge on any atom is -0.463 e. The van der Waals surface area contributed by atoms with E-state index in [1.54, 1.807) is 0 Å². The van der Waals surface area contributed by atoms with E-state index in [1.165, 1.54) is 0 Å². The smallest absolute Gasteiger partial charge is 0.302 e. The highest BCUT2D eigenvalue weighted by Gasteiger charge is 2.51. The predicted octanol–water partition coefficient (Wildman–Crippen LogP) is -4.54. The fourth-order valence-corrected chi connectivity index (χ4v) is 3.57. The van der Waals surface area contributed by atoms with E-state index in [4.69, 9.17) is 18.9 Å². The Balaban J connectivity index is 2.32. The van der Waals surface area contributed by atoms with Crippen LogP contribution < -0.4 is 10.6 Å². The van der Waals surface area contributed by atoms with Crippen molar-refractivity contribution in [2.75, 3.05) is 13.2 Å². The number of aliphatic hydroxyl groups excluding tert-OH is 5. The van der Waals surface area contributed by atoms with E-state index >= 15 is 0 Å². The van der Waals surface area contributed by atoms with Crippen LogP contribution in [-0.4, -0.2) is 118 Å². The van der Waals surface area contributed by atoms with Crippen LogP contribution in [0.3, 0.4) is 0 Å². The quantitative estimate of drug-likeness (QED) is 0.177. The Labute approximate surface area is 183 Å². The number of carbonyl (C=O) groups excluding carboxylic acids is 3. The molecule has 0 aromatic carbocycles. The zero-order valence-electron chi connectivity index (χ0n) is 17.8. The minimum atomic E-state index is -1.68. The second-order valence-corrected chi connectivity index (χ2v) is 7.62. The molecule has 2 fully saturated rings. The van der Waals surface area contributed by atoms with Crippen LogP contribution in [0.25, 0.3) is 0 Å². The molecule has 0 radical (unpaired) electrons. The summed E-state index contributed by atoms with van der Waals surface area (Å²) in [4.78, 5) is 34.3. The number of rotatable bonds is 7. The fraction of sp³-hybridized carbons (Fsp3) is 0.833. The van der Waals surface area contributed by atoms with Gasteiger partial charge in [0.15, 0.2) is 12.6 Å². The number of esters is 1. The number of amides is 2. The molecule has 7 N–H and O–H groups in total. The molecule has 10 atom stereocenters. The molecule has 2 rings (SSSR count). The average molecular weight is 466 g/mol. The first-order chi connectivity index (χ1) is 15.0. The summed E-state index contributed by atoms with van der Waals surface area (Å²) in [5.41, 5.74) is 0. The average Bonchev–Trinajstić information content (AvgIpc) is 2.70. The van der Waals surface area contributed by atoms with Gasteiger partial charge in [0, 0.05) is 20.8 Å². The Morgan fingerprint density at radius 2 is 1.44 bits per heavy atom. The van der Waals surface area contributed by atoms with E-state index < -0.39 is 92.3 Å². The maximum Gasteiger partial charge on any atom is 0.302 e. The molecule has 2 aliphatic rings. The second kappa shape index (κ2) is 11.3. The summed E-state index contributed by atoms with van der Waals surface area (Å²) in [5.74, 6) is -1.86. The van der Waals surface area contributed by atoms with Crippen LogP contribution in [0.2, 0.25) is 0 Å². The third kappa shape index (κ3) is 6.32. The van der Waals surface area contributed by atoms with Crippen LogP contribution in [0.5, 0.6) is 0 Å². The molecule has 2 saturated heterocycles. The first-order valence-electron chi connectivity index (χ1n) is 9.93. The third-order valence-corrected chi connectivity index (χ3v) is 5.06. The standard InChI is InChI=1S/C18H30N2O12/c1-6(22)19-11-15(27)16(10(30-17(11)28)5-29-8(3)24)32-18-12(20-7(2)23)14(26)13(25)9(4-21)31-18/h9-18,21,25-28H,4-5H2,1-3H3,(H,19,22)(H,20,23)/t9-,10-,11-,12-,13-,14-,15-,16-,17+,18+/m1/s1. The van der Waals surface area contributed by atoms with Crippen molar-refractivity contribution in [1.82, 2.24) is 10.6 Å². The summed E-state index contributed by atoms with van der Waals surface area (Å²) < 4.78 is 21.5. The topological polar surface area (TPSA) is 213 Å². The van der Waals surface area contributed by atoms with Gasteiger partial charge in [-0.25, -0.2) is 0 Å². The van der Waals surface area contributed by atoms with Crippen molar-refractivity contribution < 1.29 is 58.9 Å². The van der Waals surface area contributed by atoms with Crippen molar-refractivity contribution in [3.63, 3.8) is 0 Å². The van der Waals surface area contributed by atoms with Gasteiger partial charge < -0.3 is 55.1 Å². The Bertz CT molecular complexity index is 676. The Morgan fingerprint density at radius 3 is 1.97 bits per heavy atom. The molecule has 0 aliphatic carbocycles. The maximum absolute atomic E-state index is 11.6. The van der Waals surface area contributed by atoms with Gasteiger partial charge in [-0.2, -0.15) is 0 Å². The summed E-state index contributed by atoms with van der Waals surface area (Å²) in [6.45, 7) is 2.29. The molecule has 2 amide bonds. The largest absolute Gasteiger partial charge is 0.463 e. The molecule has 14 nitrogen and oxygen atoms in total. The molecule has 0 aromatic heterocycles. The zero-order valence-corrected chi connectivity index (χ0v) is 17.8. The Morgan fingerprint density at radius 1 is 0.844 bits per heavy atom. The number of aliphatic hydroxyl groups is 5. The van der Waals surface area contributed by atoms with Gasteiger partial charge in [-0.15, -0.1) is 0 Å². The normalized spacial score (nSPS) is 39.8. The lowest BCUT2D eigenvalue weighted by Gasteiger charge is -2.47. The van der Waals surface area contributed by atoms with Crippen molar-refractivity contribution in [1.29, 1.82) is 0 Å². The summed E-state index contributed by atoms with van der Waals surface area (Å²) >= 11 is 0. The summed E-state index contributed by atoms with van der Waals surface area (Å²) in [6, 6.07) is -2.66. The van der Waals surface area contributed by atoms with Crippen molar-refractivity contribution >= 4 is 17.8 Å². The van der Waals surface area contributed by atoms with E-state index in [0.29, 0.717) is 0 Å². The lowest BCUT2D eigenvalue weighted by atomic mass is 9.94. The molecule has 0 aromatic rings. The molecular weight excluding hydrogens is 436 g/mol. The lowest BCUT2D eigenvalue weighted by molar-refractivity contribution is -0.328. The van der Waals surface area contributed by atoms with Crippen molar-refractivity contribution in [2.45, 2.75) is 82.1 Å². The van der Waals surface area contributed by atoms with Gasteiger partial charge in [0.2, 0.25) is 11.8 Å². The SMILES string of the molecule is CC(=O)N[C@@H]1[C@@H](O)[C@H](O[C@@H]2O[C@H](CO)[C@@H](O)[C@H](O)[C@H]2NC(C)=O)[C@@H](COC(C)=O)O[C@@H]1O. The molecule has 2 heterocycles. The number of ether oxygens (including phenoxy) is 4. The highest BCUT2D eigenvalue weighted by Crippen LogP contribution is 2.29. The molecule has 0 saturated carbocycles. The zero-order chi connectivity index (χ0) is 24.2. The molecular formula is C18H30N2O12. The lowest BCUT2D eigenvalue weighted by Crippen LogP contribution is -2.69. The van der Waals surface area contributed by atoms with Gasteiger partial charge in [0.25, 0.3) is 0 Å². The van der Waals surface area contributed by atoms with Crippen LogP contribution in [0.15, 0.2) is 0 Å². The maximum atomic E-state index is 11.6. The summed E-state index contributed by atoms with van der Waals surface area (Å²) in [5, 5.41) is 55.7. The van der Waals surface area contributed by atoms with Gasteiger partial charge in [-0.3, -0.25) is 14.4 Å². The van der Waals surface area contributed by atoms with E-state index in [-0.39, 0.29) is 0 Å². The van der Waals surface area contributed by atoms with Crippen molar-refractivity contribution in [2.24, 2.45) is 0 Å². The van der Waals surface area contributed by atoms with Crippen molar-refractivity contribution in [3.8, 4) is 0 Å². The summed E-state index contributed by atoms with van der Waals surface area (Å²) in [6.07, 6.45) is -11.9. The van der Waals surface area contributed by atoms with Crippen LogP contribution in [-0.2, 0) is 33.3 Å². The molecule has 14 heteroatoms. The fourth-order valence-electron chi connectivity index (χ4n) is 3.57. The summed E-state index contributed by atoms with van der Waals surface area (Å²) in [7, 11) is 0. The first-order valence-corrected chi connectivity index (χ1v) is 9.93. The monoisotopic (exact) mass is 466 g/mol. The second-order valence-electron chi connectivity index (χ2n) is 7.62. The van der Waals surface area contributed by atoms with Gasteiger partial charge in [0.05, 0.1) is 6.61 Å². The minimum absolute atomic E-state index is 0.451. The molecule has 32 heavy (non-hydrogen) atoms. The highest BCUT2D eigenvalue weighted by atomic mass is 16.7. The van der Waals surface area contributed by atoms with Crippen molar-refractivity contribution in [3.05, 3.63) is 0 Å². The molecule has 0 bridgehead atoms. The molecule has 184 valence electrons. The molecule has 0 spiro atoms. The van der Waals surface area contributed by atoms with Crippen LogP contribution in [0, 0.1) is 0 Å². The van der Waals surface area contributed by atoms with E-state index in [0.717, 1.165) is 20.8 Å². The van der Waals surface area contributed by atoms with E-state index in [9.17, 15) is 39.9 Å². The third-order valence-electron chi connectivity index (χ3n) is 5.06. The van der Waals surface area contributed by atoms with Gasteiger partial charge in [-0.1, -0.05) is 0 Å². The Hall–Kier alpha value is -1.91. The van der Waals surface area contributed by atoms with Gasteiger partial charge in [-0.05, 0) is 0 Å². The predicted molar refractivity (Wildman–Crippen MR) is 101 cm³/mol. The number of nitrogens with one attached hydrogen (secondary N) is 2. The van der Waals surface area contributed by atoms with Crippen LogP contribution >= 0.6 is 0 Å². The van der Waals surface area contributed by atoms with Gasteiger partial charge >= 0.3 is 5.97 Å². The van der Waals surface area contributed by atoms with E-state index in [1.807, 2.05) is 0 Å². The number of carbonyl (C=O) groups is 3. The molecule has 0 unspecified atom stereocenters.